The quantitative estimate of drug-likeness (QED) is 0.713. The van der Waals surface area contributed by atoms with Crippen LogP contribution in [-0.2, 0) is 0 Å². The van der Waals surface area contributed by atoms with Gasteiger partial charge in [-0.3, -0.25) is 4.79 Å². The van der Waals surface area contributed by atoms with E-state index in [1.807, 2.05) is 13.8 Å². The Kier molecular flexibility index (Phi) is 5.35. The molecule has 13 heavy (non-hydrogen) atoms. The zero-order valence-electron chi connectivity index (χ0n) is 8.07. The molecule has 0 amide bonds. The van der Waals surface area contributed by atoms with Crippen molar-refractivity contribution in [3.05, 3.63) is 23.8 Å². The second kappa shape index (κ2) is 6.06. The molecule has 0 aliphatic rings. The van der Waals surface area contributed by atoms with Gasteiger partial charge in [0.05, 0.1) is 7.11 Å². The lowest BCUT2D eigenvalue weighted by Gasteiger charge is -2.01. The third kappa shape index (κ3) is 3.15. The highest BCUT2D eigenvalue weighted by Gasteiger charge is 2.00. The Bertz CT molecular complexity index is 269. The summed E-state index contributed by atoms with van der Waals surface area (Å²) < 4.78 is 4.78. The minimum atomic E-state index is -0.0166. The van der Waals surface area contributed by atoms with Crippen LogP contribution in [0.25, 0.3) is 0 Å². The predicted molar refractivity (Wildman–Crippen MR) is 51.4 cm³/mol. The third-order valence-corrected chi connectivity index (χ3v) is 1.34. The van der Waals surface area contributed by atoms with Crippen molar-refractivity contribution in [3.63, 3.8) is 0 Å². The molecule has 0 aliphatic heterocycles. The first-order chi connectivity index (χ1) is 6.27. The largest absolute Gasteiger partial charge is 0.504 e. The summed E-state index contributed by atoms with van der Waals surface area (Å²) in [6.45, 7) is 4.00. The van der Waals surface area contributed by atoms with Crippen LogP contribution in [0, 0.1) is 0 Å². The molecule has 0 saturated heterocycles. The summed E-state index contributed by atoms with van der Waals surface area (Å²) in [5, 5.41) is 9.14. The van der Waals surface area contributed by atoms with Gasteiger partial charge >= 0.3 is 0 Å². The first-order valence-electron chi connectivity index (χ1n) is 4.10. The van der Waals surface area contributed by atoms with E-state index in [9.17, 15) is 4.79 Å². The molecule has 0 aromatic heterocycles. The second-order valence-corrected chi connectivity index (χ2v) is 2.05. The van der Waals surface area contributed by atoms with Gasteiger partial charge in [-0.25, -0.2) is 0 Å². The summed E-state index contributed by atoms with van der Waals surface area (Å²) in [6.07, 6.45) is 0.666. The van der Waals surface area contributed by atoms with E-state index < -0.39 is 0 Å². The summed E-state index contributed by atoms with van der Waals surface area (Å²) in [7, 11) is 1.45. The number of benzene rings is 1. The predicted octanol–water partition coefficient (Wildman–Crippen LogP) is 2.24. The van der Waals surface area contributed by atoms with Crippen molar-refractivity contribution in [1.29, 1.82) is 0 Å². The van der Waals surface area contributed by atoms with Crippen LogP contribution >= 0.6 is 0 Å². The molecule has 1 rings (SSSR count). The number of hydrogen-bond donors (Lipinski definition) is 1. The first-order valence-corrected chi connectivity index (χ1v) is 4.10. The fourth-order valence-corrected chi connectivity index (χ4v) is 0.780. The van der Waals surface area contributed by atoms with E-state index in [1.165, 1.54) is 13.2 Å². The van der Waals surface area contributed by atoms with Crippen molar-refractivity contribution in [2.75, 3.05) is 7.11 Å². The minimum absolute atomic E-state index is 0.0166. The Morgan fingerprint density at radius 2 is 2.00 bits per heavy atom. The summed E-state index contributed by atoms with van der Waals surface area (Å²) in [5.74, 6) is 0.354. The van der Waals surface area contributed by atoms with Crippen LogP contribution in [0.1, 0.15) is 24.2 Å². The van der Waals surface area contributed by atoms with Crippen LogP contribution in [0.4, 0.5) is 0 Å². The van der Waals surface area contributed by atoms with Gasteiger partial charge in [-0.15, -0.1) is 0 Å². The van der Waals surface area contributed by atoms with Gasteiger partial charge in [0.15, 0.2) is 11.5 Å². The number of carbonyl (C=O) groups is 1. The lowest BCUT2D eigenvalue weighted by atomic mass is 10.2. The smallest absolute Gasteiger partial charge is 0.160 e. The number of aldehydes is 1. The van der Waals surface area contributed by atoms with Gasteiger partial charge in [0.1, 0.15) is 6.29 Å². The van der Waals surface area contributed by atoms with E-state index in [4.69, 9.17) is 9.84 Å². The molecule has 3 heteroatoms. The van der Waals surface area contributed by atoms with Crippen molar-refractivity contribution < 1.29 is 14.6 Å². The Morgan fingerprint density at radius 3 is 2.38 bits per heavy atom. The van der Waals surface area contributed by atoms with Gasteiger partial charge in [-0.2, -0.15) is 0 Å². The lowest BCUT2D eigenvalue weighted by Crippen LogP contribution is -1.85. The van der Waals surface area contributed by atoms with Crippen molar-refractivity contribution >= 4 is 6.29 Å². The van der Waals surface area contributed by atoms with Crippen molar-refractivity contribution in [3.8, 4) is 11.5 Å². The maximum absolute atomic E-state index is 10.2. The molecule has 72 valence electrons. The number of rotatable bonds is 2. The number of phenols is 1. The van der Waals surface area contributed by atoms with Crippen molar-refractivity contribution in [2.45, 2.75) is 13.8 Å². The topological polar surface area (TPSA) is 46.5 Å². The molecule has 0 aliphatic carbocycles. The number of hydrogen-bond acceptors (Lipinski definition) is 3. The maximum atomic E-state index is 10.2. The Morgan fingerprint density at radius 1 is 1.38 bits per heavy atom. The van der Waals surface area contributed by atoms with Gasteiger partial charge in [0.25, 0.3) is 0 Å². The number of ether oxygens (including phenoxy) is 1. The normalized spacial score (nSPS) is 8.23. The molecule has 1 N–H and O–H groups in total. The van der Waals surface area contributed by atoms with E-state index in [1.54, 1.807) is 12.1 Å². The Hall–Kier alpha value is -1.51. The van der Waals surface area contributed by atoms with Crippen LogP contribution in [0.15, 0.2) is 18.2 Å². The molecular formula is C10H14O3. The summed E-state index contributed by atoms with van der Waals surface area (Å²) in [4.78, 5) is 10.2. The molecule has 3 nitrogen and oxygen atoms in total. The van der Waals surface area contributed by atoms with Crippen LogP contribution < -0.4 is 4.74 Å². The summed E-state index contributed by atoms with van der Waals surface area (Å²) in [6, 6.07) is 4.47. The molecule has 0 fully saturated rings. The molecule has 0 bridgehead atoms. The molecule has 0 spiro atoms. The number of carbonyl (C=O) groups excluding carboxylic acids is 1. The van der Waals surface area contributed by atoms with Crippen molar-refractivity contribution in [1.82, 2.24) is 0 Å². The maximum Gasteiger partial charge on any atom is 0.160 e. The molecule has 1 aromatic rings. The minimum Gasteiger partial charge on any atom is -0.504 e. The average Bonchev–Trinajstić information content (AvgIpc) is 2.20. The fraction of sp³-hybridized carbons (Fsp3) is 0.300. The van der Waals surface area contributed by atoms with E-state index in [-0.39, 0.29) is 5.75 Å². The lowest BCUT2D eigenvalue weighted by molar-refractivity contribution is 0.112. The van der Waals surface area contributed by atoms with Gasteiger partial charge in [-0.05, 0) is 18.2 Å². The average molecular weight is 182 g/mol. The van der Waals surface area contributed by atoms with Gasteiger partial charge in [0, 0.05) is 5.56 Å². The van der Waals surface area contributed by atoms with Crippen LogP contribution in [0.5, 0.6) is 11.5 Å². The molecule has 0 heterocycles. The van der Waals surface area contributed by atoms with E-state index in [2.05, 4.69) is 0 Å². The zero-order chi connectivity index (χ0) is 10.3. The summed E-state index contributed by atoms with van der Waals surface area (Å²) >= 11 is 0. The van der Waals surface area contributed by atoms with Crippen LogP contribution in [0.2, 0.25) is 0 Å². The first kappa shape index (κ1) is 11.5. The number of phenolic OH excluding ortho intramolecular Hbond substituents is 1. The number of methoxy groups -OCH3 is 1. The molecule has 1 aromatic carbocycles. The highest BCUT2D eigenvalue weighted by molar-refractivity contribution is 5.76. The van der Waals surface area contributed by atoms with Gasteiger partial charge < -0.3 is 9.84 Å². The SMILES string of the molecule is CC.COc1ccc(C=O)cc1O. The second-order valence-electron chi connectivity index (χ2n) is 2.05. The Labute approximate surface area is 78.0 Å². The molecule has 0 unspecified atom stereocenters. The van der Waals surface area contributed by atoms with E-state index in [0.717, 1.165) is 0 Å². The monoisotopic (exact) mass is 182 g/mol. The van der Waals surface area contributed by atoms with Crippen LogP contribution in [-0.4, -0.2) is 18.5 Å². The standard InChI is InChI=1S/C8H8O3.C2H6/c1-11-8-3-2-6(5-9)4-7(8)10;1-2/h2-5,10H,1H3;1-2H3. The number of aromatic hydroxyl groups is 1. The van der Waals surface area contributed by atoms with Crippen LogP contribution in [0.3, 0.4) is 0 Å². The highest BCUT2D eigenvalue weighted by atomic mass is 16.5. The third-order valence-electron chi connectivity index (χ3n) is 1.34. The molecular weight excluding hydrogens is 168 g/mol. The van der Waals surface area contributed by atoms with E-state index in [0.29, 0.717) is 17.6 Å². The molecule has 0 saturated carbocycles. The zero-order valence-corrected chi connectivity index (χ0v) is 8.07. The molecule has 0 atom stereocenters. The van der Waals surface area contributed by atoms with Gasteiger partial charge in [-0.1, -0.05) is 13.8 Å². The summed E-state index contributed by atoms with van der Waals surface area (Å²) in [5.41, 5.74) is 0.434. The van der Waals surface area contributed by atoms with Crippen molar-refractivity contribution in [2.24, 2.45) is 0 Å². The van der Waals surface area contributed by atoms with Gasteiger partial charge in [0.2, 0.25) is 0 Å². The highest BCUT2D eigenvalue weighted by Crippen LogP contribution is 2.25. The van der Waals surface area contributed by atoms with E-state index >= 15 is 0 Å². The fourth-order valence-electron chi connectivity index (χ4n) is 0.780. The Balaban J connectivity index is 0.000000671. The molecule has 0 radical (unpaired) electrons.